The smallest absolute Gasteiger partial charge is 0.320 e. The van der Waals surface area contributed by atoms with E-state index in [0.717, 1.165) is 5.56 Å². The standard InChI is InChI=1S/C24H27ClFN5O4/c1-35-10-2-9-27-21(24(33)34)13-18(29-23(32)22-14-28-31-30-22)11-15-3-5-16(6-4-15)19-12-17(25)7-8-20(19)26/h3-8,12,14,18,21,27H,2,9-11,13H2,1H3,(H,29,32)(H,33,34)(H,28,30,31). The maximum atomic E-state index is 14.2. The Bertz CT molecular complexity index is 1110. The molecule has 0 saturated heterocycles. The van der Waals surface area contributed by atoms with Gasteiger partial charge in [0.05, 0.1) is 6.20 Å². The normalized spacial score (nSPS) is 12.8. The molecule has 0 saturated carbocycles. The molecule has 9 nitrogen and oxygen atoms in total. The summed E-state index contributed by atoms with van der Waals surface area (Å²) in [6.07, 6.45) is 2.43. The molecule has 2 unspecified atom stereocenters. The van der Waals surface area contributed by atoms with Gasteiger partial charge in [-0.15, -0.1) is 0 Å². The van der Waals surface area contributed by atoms with Gasteiger partial charge in [-0.1, -0.05) is 35.9 Å². The van der Waals surface area contributed by atoms with Crippen molar-refractivity contribution in [3.05, 3.63) is 70.8 Å². The van der Waals surface area contributed by atoms with Gasteiger partial charge < -0.3 is 20.5 Å². The van der Waals surface area contributed by atoms with Crippen LogP contribution in [0.2, 0.25) is 5.02 Å². The molecule has 11 heteroatoms. The molecule has 0 aliphatic rings. The molecule has 0 spiro atoms. The molecule has 4 N–H and O–H groups in total. The number of benzene rings is 2. The third kappa shape index (κ3) is 7.84. The summed E-state index contributed by atoms with van der Waals surface area (Å²) in [6, 6.07) is 10.1. The number of aromatic nitrogens is 3. The predicted octanol–water partition coefficient (Wildman–Crippen LogP) is 3.07. The summed E-state index contributed by atoms with van der Waals surface area (Å²) in [6.45, 7) is 0.958. The zero-order valence-corrected chi connectivity index (χ0v) is 19.9. The first-order chi connectivity index (χ1) is 16.9. The van der Waals surface area contributed by atoms with Crippen molar-refractivity contribution in [2.24, 2.45) is 0 Å². The molecular weight excluding hydrogens is 477 g/mol. The number of rotatable bonds is 13. The van der Waals surface area contributed by atoms with Crippen LogP contribution in [0, 0.1) is 5.82 Å². The molecule has 2 aromatic carbocycles. The number of carbonyl (C=O) groups is 2. The SMILES string of the molecule is COCCCNC(CC(Cc1ccc(-c2cc(Cl)ccc2F)cc1)NC(=O)c1cn[nH]n1)C(=O)O. The molecule has 1 aromatic heterocycles. The zero-order valence-electron chi connectivity index (χ0n) is 19.1. The molecule has 35 heavy (non-hydrogen) atoms. The highest BCUT2D eigenvalue weighted by Crippen LogP contribution is 2.26. The minimum atomic E-state index is -1.02. The minimum Gasteiger partial charge on any atom is -0.480 e. The number of hydrogen-bond donors (Lipinski definition) is 4. The fourth-order valence-electron chi connectivity index (χ4n) is 3.64. The van der Waals surface area contributed by atoms with E-state index in [4.69, 9.17) is 16.3 Å². The van der Waals surface area contributed by atoms with Crippen molar-refractivity contribution >= 4 is 23.5 Å². The van der Waals surface area contributed by atoms with Gasteiger partial charge in [0.25, 0.3) is 5.91 Å². The lowest BCUT2D eigenvalue weighted by Crippen LogP contribution is -2.46. The number of carboxylic acid groups (broad SMARTS) is 1. The fraction of sp³-hybridized carbons (Fsp3) is 0.333. The number of hydrogen-bond acceptors (Lipinski definition) is 6. The van der Waals surface area contributed by atoms with Gasteiger partial charge in [0.15, 0.2) is 5.69 Å². The maximum absolute atomic E-state index is 14.2. The van der Waals surface area contributed by atoms with E-state index < -0.39 is 24.0 Å². The van der Waals surface area contributed by atoms with Gasteiger partial charge in [-0.2, -0.15) is 15.4 Å². The van der Waals surface area contributed by atoms with Crippen LogP contribution in [0.3, 0.4) is 0 Å². The highest BCUT2D eigenvalue weighted by molar-refractivity contribution is 6.30. The zero-order chi connectivity index (χ0) is 25.2. The van der Waals surface area contributed by atoms with Crippen molar-refractivity contribution < 1.29 is 23.8 Å². The third-order valence-corrected chi connectivity index (χ3v) is 5.63. The number of amides is 1. The molecule has 0 aliphatic heterocycles. The number of aromatic amines is 1. The average Bonchev–Trinajstić information content (AvgIpc) is 3.38. The topological polar surface area (TPSA) is 129 Å². The van der Waals surface area contributed by atoms with Crippen LogP contribution in [0.5, 0.6) is 0 Å². The summed E-state index contributed by atoms with van der Waals surface area (Å²) in [5.74, 6) is -1.87. The summed E-state index contributed by atoms with van der Waals surface area (Å²) in [5.41, 5.74) is 1.97. The lowest BCUT2D eigenvalue weighted by Gasteiger charge is -2.23. The van der Waals surface area contributed by atoms with Crippen LogP contribution in [0.1, 0.15) is 28.9 Å². The Morgan fingerprint density at radius 2 is 2.00 bits per heavy atom. The van der Waals surface area contributed by atoms with Crippen LogP contribution in [0.25, 0.3) is 11.1 Å². The molecule has 1 heterocycles. The Balaban J connectivity index is 1.75. The lowest BCUT2D eigenvalue weighted by molar-refractivity contribution is -0.139. The average molecular weight is 504 g/mol. The second-order valence-electron chi connectivity index (χ2n) is 7.98. The number of halogens is 2. The first kappa shape index (κ1) is 26.3. The number of nitrogens with zero attached hydrogens (tertiary/aromatic N) is 2. The van der Waals surface area contributed by atoms with Gasteiger partial charge in [-0.25, -0.2) is 4.39 Å². The first-order valence-corrected chi connectivity index (χ1v) is 11.4. The fourth-order valence-corrected chi connectivity index (χ4v) is 3.81. The van der Waals surface area contributed by atoms with E-state index in [0.29, 0.717) is 42.1 Å². The van der Waals surface area contributed by atoms with Crippen molar-refractivity contribution in [2.75, 3.05) is 20.3 Å². The van der Waals surface area contributed by atoms with E-state index in [1.807, 2.05) is 12.1 Å². The molecule has 0 fully saturated rings. The van der Waals surface area contributed by atoms with Gasteiger partial charge in [0.2, 0.25) is 0 Å². The number of H-pyrrole nitrogens is 1. The molecule has 1 amide bonds. The molecule has 0 aliphatic carbocycles. The molecule has 186 valence electrons. The van der Waals surface area contributed by atoms with Gasteiger partial charge in [0, 0.05) is 30.3 Å². The Hall–Kier alpha value is -3.34. The number of carboxylic acids is 1. The van der Waals surface area contributed by atoms with Gasteiger partial charge in [0.1, 0.15) is 11.9 Å². The van der Waals surface area contributed by atoms with Crippen molar-refractivity contribution in [3.8, 4) is 11.1 Å². The molecule has 0 radical (unpaired) electrons. The molecule has 2 atom stereocenters. The van der Waals surface area contributed by atoms with Crippen LogP contribution < -0.4 is 10.6 Å². The van der Waals surface area contributed by atoms with Crippen molar-refractivity contribution in [2.45, 2.75) is 31.3 Å². The predicted molar refractivity (Wildman–Crippen MR) is 129 cm³/mol. The number of ether oxygens (including phenoxy) is 1. The summed E-state index contributed by atoms with van der Waals surface area (Å²) in [7, 11) is 1.58. The minimum absolute atomic E-state index is 0.0988. The number of carbonyl (C=O) groups excluding carboxylic acids is 1. The first-order valence-electron chi connectivity index (χ1n) is 11.0. The van der Waals surface area contributed by atoms with Crippen LogP contribution in [-0.2, 0) is 16.0 Å². The van der Waals surface area contributed by atoms with E-state index in [2.05, 4.69) is 26.0 Å². The summed E-state index contributed by atoms with van der Waals surface area (Å²) in [4.78, 5) is 24.4. The van der Waals surface area contributed by atoms with Crippen LogP contribution >= 0.6 is 11.6 Å². The number of methoxy groups -OCH3 is 1. The largest absolute Gasteiger partial charge is 0.480 e. The van der Waals surface area contributed by atoms with Gasteiger partial charge in [-0.05, 0) is 55.1 Å². The van der Waals surface area contributed by atoms with Crippen molar-refractivity contribution in [1.29, 1.82) is 0 Å². The lowest BCUT2D eigenvalue weighted by atomic mass is 9.96. The quantitative estimate of drug-likeness (QED) is 0.264. The van der Waals surface area contributed by atoms with E-state index in [9.17, 15) is 19.1 Å². The Kier molecular flexibility index (Phi) is 9.71. The third-order valence-electron chi connectivity index (χ3n) is 5.39. The Morgan fingerprint density at radius 1 is 1.23 bits per heavy atom. The van der Waals surface area contributed by atoms with E-state index in [1.165, 1.54) is 18.3 Å². The highest BCUT2D eigenvalue weighted by atomic mass is 35.5. The van der Waals surface area contributed by atoms with Gasteiger partial charge >= 0.3 is 5.97 Å². The van der Waals surface area contributed by atoms with E-state index in [-0.39, 0.29) is 17.9 Å². The number of nitrogens with one attached hydrogen (secondary N) is 3. The van der Waals surface area contributed by atoms with Crippen molar-refractivity contribution in [1.82, 2.24) is 26.0 Å². The molecule has 3 rings (SSSR count). The monoisotopic (exact) mass is 503 g/mol. The van der Waals surface area contributed by atoms with Crippen LogP contribution in [0.15, 0.2) is 48.7 Å². The van der Waals surface area contributed by atoms with E-state index in [1.54, 1.807) is 25.3 Å². The van der Waals surface area contributed by atoms with Crippen LogP contribution in [-0.4, -0.2) is 64.7 Å². The summed E-state index contributed by atoms with van der Waals surface area (Å²) < 4.78 is 19.2. The second-order valence-corrected chi connectivity index (χ2v) is 8.41. The van der Waals surface area contributed by atoms with Gasteiger partial charge in [-0.3, -0.25) is 9.59 Å². The second kappa shape index (κ2) is 12.9. The number of aliphatic carboxylic acids is 1. The maximum Gasteiger partial charge on any atom is 0.320 e. The van der Waals surface area contributed by atoms with Crippen LogP contribution in [0.4, 0.5) is 4.39 Å². The summed E-state index contributed by atoms with van der Waals surface area (Å²) >= 11 is 6.01. The molecular formula is C24H27ClFN5O4. The summed E-state index contributed by atoms with van der Waals surface area (Å²) in [5, 5.41) is 25.8. The van der Waals surface area contributed by atoms with E-state index >= 15 is 0 Å². The van der Waals surface area contributed by atoms with Crippen molar-refractivity contribution in [3.63, 3.8) is 0 Å². The molecule has 3 aromatic rings. The Labute approximate surface area is 207 Å². The molecule has 0 bridgehead atoms. The Morgan fingerprint density at radius 3 is 2.66 bits per heavy atom. The highest BCUT2D eigenvalue weighted by Gasteiger charge is 2.25.